The monoisotopic (exact) mass is 267 g/mol. The smallest absolute Gasteiger partial charge is 0.124 e. The number of benzene rings is 1. The summed E-state index contributed by atoms with van der Waals surface area (Å²) in [6.07, 6.45) is 0.133. The van der Waals surface area contributed by atoms with Gasteiger partial charge in [0.25, 0.3) is 0 Å². The lowest BCUT2D eigenvalue weighted by Gasteiger charge is -2.29. The maximum absolute atomic E-state index is 10.3. The SMILES string of the molecule is CCC(C)(CO)NCC(O)c1cc(C)ccc1OC. The second kappa shape index (κ2) is 6.89. The summed E-state index contributed by atoms with van der Waals surface area (Å²) in [6, 6.07) is 5.73. The molecule has 0 fully saturated rings. The highest BCUT2D eigenvalue weighted by Gasteiger charge is 2.22. The van der Waals surface area contributed by atoms with Gasteiger partial charge in [0, 0.05) is 17.6 Å². The van der Waals surface area contributed by atoms with Crippen molar-refractivity contribution in [3.63, 3.8) is 0 Å². The van der Waals surface area contributed by atoms with E-state index in [9.17, 15) is 10.2 Å². The van der Waals surface area contributed by atoms with Gasteiger partial charge in [0.2, 0.25) is 0 Å². The fourth-order valence-corrected chi connectivity index (χ4v) is 1.86. The Bertz CT molecular complexity index is 402. The molecule has 0 amide bonds. The summed E-state index contributed by atoms with van der Waals surface area (Å²) in [4.78, 5) is 0. The number of ether oxygens (including phenoxy) is 1. The van der Waals surface area contributed by atoms with Crippen molar-refractivity contribution in [2.24, 2.45) is 0 Å². The molecule has 0 aliphatic rings. The van der Waals surface area contributed by atoms with Gasteiger partial charge in [0.15, 0.2) is 0 Å². The zero-order valence-corrected chi connectivity index (χ0v) is 12.2. The van der Waals surface area contributed by atoms with Crippen LogP contribution in [0.3, 0.4) is 0 Å². The molecule has 19 heavy (non-hydrogen) atoms. The van der Waals surface area contributed by atoms with E-state index < -0.39 is 6.10 Å². The van der Waals surface area contributed by atoms with Gasteiger partial charge in [-0.15, -0.1) is 0 Å². The van der Waals surface area contributed by atoms with Crippen molar-refractivity contribution in [1.29, 1.82) is 0 Å². The normalized spacial score (nSPS) is 15.9. The fourth-order valence-electron chi connectivity index (χ4n) is 1.86. The standard InChI is InChI=1S/C15H25NO3/c1-5-15(3,10-17)16-9-13(18)12-8-11(2)6-7-14(12)19-4/h6-8,13,16-18H,5,9-10H2,1-4H3. The molecule has 1 aromatic rings. The molecule has 4 nitrogen and oxygen atoms in total. The molecule has 0 bridgehead atoms. The second-order valence-corrected chi connectivity index (χ2v) is 5.21. The first-order valence-electron chi connectivity index (χ1n) is 6.64. The Morgan fingerprint density at radius 1 is 1.42 bits per heavy atom. The number of rotatable bonds is 7. The molecule has 0 saturated heterocycles. The molecule has 3 N–H and O–H groups in total. The highest BCUT2D eigenvalue weighted by Crippen LogP contribution is 2.26. The van der Waals surface area contributed by atoms with Crippen LogP contribution >= 0.6 is 0 Å². The van der Waals surface area contributed by atoms with Gasteiger partial charge in [-0.2, -0.15) is 0 Å². The van der Waals surface area contributed by atoms with Crippen LogP contribution in [-0.2, 0) is 0 Å². The van der Waals surface area contributed by atoms with E-state index in [4.69, 9.17) is 4.74 Å². The number of aliphatic hydroxyl groups is 2. The first-order chi connectivity index (χ1) is 8.95. The van der Waals surface area contributed by atoms with Crippen LogP contribution in [0.25, 0.3) is 0 Å². The minimum atomic E-state index is -0.660. The Hall–Kier alpha value is -1.10. The van der Waals surface area contributed by atoms with Gasteiger partial charge >= 0.3 is 0 Å². The molecule has 0 aromatic heterocycles. The highest BCUT2D eigenvalue weighted by molar-refractivity contribution is 5.38. The molecule has 4 heteroatoms. The van der Waals surface area contributed by atoms with Crippen LogP contribution in [0.2, 0.25) is 0 Å². The highest BCUT2D eigenvalue weighted by atomic mass is 16.5. The minimum Gasteiger partial charge on any atom is -0.496 e. The number of hydrogen-bond acceptors (Lipinski definition) is 4. The number of β-amino-alcohol motifs (C(OH)–C–C–N with tert-alkyl or cyclic N) is 1. The van der Waals surface area contributed by atoms with Crippen molar-refractivity contribution in [3.8, 4) is 5.75 Å². The second-order valence-electron chi connectivity index (χ2n) is 5.21. The van der Waals surface area contributed by atoms with Crippen LogP contribution < -0.4 is 10.1 Å². The molecule has 0 radical (unpaired) electrons. The van der Waals surface area contributed by atoms with Gasteiger partial charge in [-0.1, -0.05) is 18.6 Å². The van der Waals surface area contributed by atoms with Gasteiger partial charge < -0.3 is 20.3 Å². The lowest BCUT2D eigenvalue weighted by Crippen LogP contribution is -2.46. The third kappa shape index (κ3) is 4.20. The summed E-state index contributed by atoms with van der Waals surface area (Å²) >= 11 is 0. The predicted molar refractivity (Wildman–Crippen MR) is 76.5 cm³/mol. The zero-order valence-electron chi connectivity index (χ0n) is 12.2. The van der Waals surface area contributed by atoms with Crippen molar-refractivity contribution in [2.45, 2.75) is 38.8 Å². The Balaban J connectivity index is 2.78. The van der Waals surface area contributed by atoms with Gasteiger partial charge in [-0.3, -0.25) is 0 Å². The molecular weight excluding hydrogens is 242 g/mol. The van der Waals surface area contributed by atoms with Gasteiger partial charge in [0.05, 0.1) is 19.8 Å². The summed E-state index contributed by atoms with van der Waals surface area (Å²) in [7, 11) is 1.60. The first-order valence-corrected chi connectivity index (χ1v) is 6.64. The quantitative estimate of drug-likeness (QED) is 0.705. The Morgan fingerprint density at radius 3 is 2.63 bits per heavy atom. The van der Waals surface area contributed by atoms with Crippen LogP contribution in [0, 0.1) is 6.92 Å². The maximum Gasteiger partial charge on any atom is 0.124 e. The molecule has 0 aliphatic carbocycles. The summed E-state index contributed by atoms with van der Waals surface area (Å²) in [5, 5.41) is 22.8. The fraction of sp³-hybridized carbons (Fsp3) is 0.600. The first kappa shape index (κ1) is 16.0. The van der Waals surface area contributed by atoms with E-state index >= 15 is 0 Å². The number of aryl methyl sites for hydroxylation is 1. The molecule has 0 spiro atoms. The molecule has 0 saturated carbocycles. The van der Waals surface area contributed by atoms with E-state index in [2.05, 4.69) is 5.32 Å². The van der Waals surface area contributed by atoms with Crippen LogP contribution in [-0.4, -0.2) is 36.0 Å². The molecule has 1 aromatic carbocycles. The van der Waals surface area contributed by atoms with Crippen LogP contribution in [0.1, 0.15) is 37.5 Å². The van der Waals surface area contributed by atoms with Crippen molar-refractivity contribution in [1.82, 2.24) is 5.32 Å². The third-order valence-corrected chi connectivity index (χ3v) is 3.60. The lowest BCUT2D eigenvalue weighted by atomic mass is 9.99. The Morgan fingerprint density at radius 2 is 2.11 bits per heavy atom. The number of methoxy groups -OCH3 is 1. The van der Waals surface area contributed by atoms with Gasteiger partial charge in [-0.05, 0) is 32.4 Å². The van der Waals surface area contributed by atoms with Crippen molar-refractivity contribution in [3.05, 3.63) is 29.3 Å². The minimum absolute atomic E-state index is 0.0428. The number of nitrogens with one attached hydrogen (secondary N) is 1. The van der Waals surface area contributed by atoms with E-state index in [0.717, 1.165) is 17.5 Å². The molecular formula is C15H25NO3. The number of aliphatic hydroxyl groups excluding tert-OH is 2. The zero-order chi connectivity index (χ0) is 14.5. The molecule has 1 rings (SSSR count). The summed E-state index contributed by atoms with van der Waals surface area (Å²) < 4.78 is 5.27. The van der Waals surface area contributed by atoms with Crippen molar-refractivity contribution >= 4 is 0 Å². The van der Waals surface area contributed by atoms with Crippen molar-refractivity contribution in [2.75, 3.05) is 20.3 Å². The van der Waals surface area contributed by atoms with Crippen molar-refractivity contribution < 1.29 is 14.9 Å². The van der Waals surface area contributed by atoms with E-state index in [1.807, 2.05) is 39.0 Å². The van der Waals surface area contributed by atoms with Gasteiger partial charge in [-0.25, -0.2) is 0 Å². The molecule has 0 aliphatic heterocycles. The molecule has 2 unspecified atom stereocenters. The maximum atomic E-state index is 10.3. The van der Waals surface area contributed by atoms with E-state index in [1.165, 1.54) is 0 Å². The summed E-state index contributed by atoms with van der Waals surface area (Å²) in [6.45, 7) is 6.34. The molecule has 0 heterocycles. The molecule has 108 valence electrons. The molecule has 2 atom stereocenters. The Labute approximate surface area is 115 Å². The Kier molecular flexibility index (Phi) is 5.79. The van der Waals surface area contributed by atoms with E-state index in [1.54, 1.807) is 7.11 Å². The number of hydrogen-bond donors (Lipinski definition) is 3. The summed E-state index contributed by atoms with van der Waals surface area (Å²) in [5.74, 6) is 0.683. The van der Waals surface area contributed by atoms with Crippen LogP contribution in [0.15, 0.2) is 18.2 Å². The lowest BCUT2D eigenvalue weighted by molar-refractivity contribution is 0.124. The van der Waals surface area contributed by atoms with E-state index in [0.29, 0.717) is 12.3 Å². The predicted octanol–water partition coefficient (Wildman–Crippen LogP) is 1.79. The van der Waals surface area contributed by atoms with Crippen LogP contribution in [0.5, 0.6) is 5.75 Å². The largest absolute Gasteiger partial charge is 0.496 e. The van der Waals surface area contributed by atoms with Gasteiger partial charge in [0.1, 0.15) is 5.75 Å². The summed E-state index contributed by atoms with van der Waals surface area (Å²) in [5.41, 5.74) is 1.49. The van der Waals surface area contributed by atoms with E-state index in [-0.39, 0.29) is 12.1 Å². The topological polar surface area (TPSA) is 61.7 Å². The average molecular weight is 267 g/mol. The average Bonchev–Trinajstić information content (AvgIpc) is 2.44. The van der Waals surface area contributed by atoms with Crippen LogP contribution in [0.4, 0.5) is 0 Å². The third-order valence-electron chi connectivity index (χ3n) is 3.60.